The zero-order valence-electron chi connectivity index (χ0n) is 15.4. The Morgan fingerprint density at radius 3 is 2.57 bits per heavy atom. The number of Topliss-reactive ketones (excluding diaryl/α,β-unsaturated/α-hetero) is 1. The van der Waals surface area contributed by atoms with Crippen LogP contribution >= 0.6 is 11.3 Å². The number of nitrogens with zero attached hydrogens (tertiary/aromatic N) is 1. The van der Waals surface area contributed by atoms with Gasteiger partial charge in [0.15, 0.2) is 12.3 Å². The minimum absolute atomic E-state index is 0.00151. The van der Waals surface area contributed by atoms with Gasteiger partial charge in [0, 0.05) is 18.5 Å². The average molecular weight is 404 g/mol. The molecule has 2 N–H and O–H groups in total. The lowest BCUT2D eigenvalue weighted by molar-refractivity contribution is -0.895. The highest BCUT2D eigenvalue weighted by Crippen LogP contribution is 2.13. The van der Waals surface area contributed by atoms with Crippen LogP contribution in [-0.2, 0) is 9.59 Å². The summed E-state index contributed by atoms with van der Waals surface area (Å²) in [5.41, 5.74) is 0.439. The van der Waals surface area contributed by atoms with Gasteiger partial charge in [-0.3, -0.25) is 14.4 Å². The van der Waals surface area contributed by atoms with Crippen LogP contribution in [0.2, 0.25) is 0 Å². The van der Waals surface area contributed by atoms with Gasteiger partial charge in [-0.2, -0.15) is 0 Å². The summed E-state index contributed by atoms with van der Waals surface area (Å²) in [4.78, 5) is 40.0. The van der Waals surface area contributed by atoms with Gasteiger partial charge >= 0.3 is 0 Å². The minimum Gasteiger partial charge on any atom is -0.331 e. The van der Waals surface area contributed by atoms with E-state index in [2.05, 4.69) is 5.32 Å². The van der Waals surface area contributed by atoms with Gasteiger partial charge in [-0.05, 0) is 29.6 Å². The third-order valence-corrected chi connectivity index (χ3v) is 5.62. The van der Waals surface area contributed by atoms with Crippen LogP contribution in [0, 0.1) is 5.82 Å². The Morgan fingerprint density at radius 1 is 1.11 bits per heavy atom. The van der Waals surface area contributed by atoms with Gasteiger partial charge in [0.05, 0.1) is 31.1 Å². The maximum Gasteiger partial charge on any atom is 0.279 e. The SMILES string of the molecule is O=C(C[NH+]1CCN(C(=O)CCC(=O)c2cccs2)CC1)Nc1cccc(F)c1. The Hall–Kier alpha value is -2.58. The summed E-state index contributed by atoms with van der Waals surface area (Å²) in [5.74, 6) is -0.591. The highest BCUT2D eigenvalue weighted by molar-refractivity contribution is 7.12. The van der Waals surface area contributed by atoms with E-state index in [0.29, 0.717) is 36.7 Å². The van der Waals surface area contributed by atoms with E-state index in [1.165, 1.54) is 23.5 Å². The van der Waals surface area contributed by atoms with Crippen LogP contribution in [0.15, 0.2) is 41.8 Å². The van der Waals surface area contributed by atoms with Gasteiger partial charge < -0.3 is 15.1 Å². The molecule has 1 aliphatic heterocycles. The first kappa shape index (κ1) is 20.2. The molecule has 0 saturated carbocycles. The Morgan fingerprint density at radius 2 is 1.89 bits per heavy atom. The first-order valence-electron chi connectivity index (χ1n) is 9.25. The predicted octanol–water partition coefficient (Wildman–Crippen LogP) is 1.22. The fourth-order valence-electron chi connectivity index (χ4n) is 3.19. The molecule has 148 valence electrons. The van der Waals surface area contributed by atoms with Crippen LogP contribution in [0.4, 0.5) is 10.1 Å². The largest absolute Gasteiger partial charge is 0.331 e. The van der Waals surface area contributed by atoms with Crippen molar-refractivity contribution < 1.29 is 23.7 Å². The molecule has 0 radical (unpaired) electrons. The Balaban J connectivity index is 1.38. The topological polar surface area (TPSA) is 70.9 Å². The van der Waals surface area contributed by atoms with Crippen molar-refractivity contribution in [2.24, 2.45) is 0 Å². The van der Waals surface area contributed by atoms with Crippen LogP contribution in [0.5, 0.6) is 0 Å². The molecule has 1 saturated heterocycles. The zero-order valence-corrected chi connectivity index (χ0v) is 16.3. The summed E-state index contributed by atoms with van der Waals surface area (Å²) >= 11 is 1.39. The maximum atomic E-state index is 13.2. The zero-order chi connectivity index (χ0) is 19.9. The number of hydrogen-bond acceptors (Lipinski definition) is 4. The van der Waals surface area contributed by atoms with E-state index < -0.39 is 5.82 Å². The second-order valence-electron chi connectivity index (χ2n) is 6.77. The van der Waals surface area contributed by atoms with Gasteiger partial charge in [-0.15, -0.1) is 11.3 Å². The van der Waals surface area contributed by atoms with E-state index in [0.717, 1.165) is 4.90 Å². The van der Waals surface area contributed by atoms with Crippen molar-refractivity contribution >= 4 is 34.6 Å². The fraction of sp³-hybridized carbons (Fsp3) is 0.350. The molecule has 28 heavy (non-hydrogen) atoms. The summed E-state index contributed by atoms with van der Waals surface area (Å²) in [7, 11) is 0. The molecular weight excluding hydrogens is 381 g/mol. The summed E-state index contributed by atoms with van der Waals surface area (Å²) in [5, 5.41) is 4.54. The fourth-order valence-corrected chi connectivity index (χ4v) is 3.88. The number of anilines is 1. The molecule has 2 heterocycles. The molecule has 0 unspecified atom stereocenters. The molecule has 2 aromatic rings. The van der Waals surface area contributed by atoms with Crippen molar-refractivity contribution in [1.82, 2.24) is 4.90 Å². The number of nitrogens with one attached hydrogen (secondary N) is 2. The monoisotopic (exact) mass is 404 g/mol. The van der Waals surface area contributed by atoms with Gasteiger partial charge in [0.2, 0.25) is 5.91 Å². The lowest BCUT2D eigenvalue weighted by atomic mass is 10.1. The third kappa shape index (κ3) is 5.71. The molecule has 1 aromatic carbocycles. The molecule has 1 aromatic heterocycles. The highest BCUT2D eigenvalue weighted by Gasteiger charge is 2.25. The predicted molar refractivity (Wildman–Crippen MR) is 105 cm³/mol. The van der Waals surface area contributed by atoms with Crippen molar-refractivity contribution in [3.63, 3.8) is 0 Å². The molecule has 1 fully saturated rings. The normalized spacial score (nSPS) is 14.7. The molecule has 2 amide bonds. The molecule has 1 aliphatic rings. The number of carbonyl (C=O) groups is 3. The number of piperazine rings is 1. The lowest BCUT2D eigenvalue weighted by Gasteiger charge is -2.31. The second-order valence-corrected chi connectivity index (χ2v) is 7.71. The Bertz CT molecular complexity index is 833. The number of quaternary nitrogens is 1. The van der Waals surface area contributed by atoms with E-state index in [9.17, 15) is 18.8 Å². The smallest absolute Gasteiger partial charge is 0.279 e. The van der Waals surface area contributed by atoms with Crippen molar-refractivity contribution in [2.75, 3.05) is 38.0 Å². The van der Waals surface area contributed by atoms with Crippen molar-refractivity contribution in [1.29, 1.82) is 0 Å². The quantitative estimate of drug-likeness (QED) is 0.682. The molecule has 0 aliphatic carbocycles. The molecular formula is C20H23FN3O3S+. The van der Waals surface area contributed by atoms with E-state index in [1.807, 2.05) is 11.4 Å². The van der Waals surface area contributed by atoms with Crippen LogP contribution in [0.25, 0.3) is 0 Å². The number of ketones is 1. The summed E-state index contributed by atoms with van der Waals surface area (Å²) in [6.07, 6.45) is 0.439. The minimum atomic E-state index is -0.394. The number of hydrogen-bond donors (Lipinski definition) is 2. The number of carbonyl (C=O) groups excluding carboxylic acids is 3. The first-order valence-corrected chi connectivity index (χ1v) is 10.1. The second kappa shape index (κ2) is 9.57. The number of rotatable bonds is 7. The first-order chi connectivity index (χ1) is 13.5. The number of amides is 2. The number of halogens is 1. The van der Waals surface area contributed by atoms with Gasteiger partial charge in [0.25, 0.3) is 5.91 Å². The summed E-state index contributed by atoms with van der Waals surface area (Å²) in [6, 6.07) is 9.39. The standard InChI is InChI=1S/C20H22FN3O3S/c21-15-3-1-4-16(13-15)22-19(26)14-23-8-10-24(11-9-23)20(27)7-6-17(25)18-5-2-12-28-18/h1-5,12-13H,6-11,14H2,(H,22,26)/p+1. The van der Waals surface area contributed by atoms with Crippen LogP contribution in [0.1, 0.15) is 22.5 Å². The molecule has 0 atom stereocenters. The molecule has 0 spiro atoms. The van der Waals surface area contributed by atoms with Crippen molar-refractivity contribution in [3.05, 3.63) is 52.5 Å². The van der Waals surface area contributed by atoms with Crippen LogP contribution < -0.4 is 10.2 Å². The van der Waals surface area contributed by atoms with E-state index in [-0.39, 0.29) is 37.0 Å². The third-order valence-electron chi connectivity index (χ3n) is 4.70. The molecule has 6 nitrogen and oxygen atoms in total. The van der Waals surface area contributed by atoms with Crippen molar-refractivity contribution in [3.8, 4) is 0 Å². The van der Waals surface area contributed by atoms with Crippen LogP contribution in [-0.4, -0.2) is 55.2 Å². The lowest BCUT2D eigenvalue weighted by Crippen LogP contribution is -3.15. The Kier molecular flexibility index (Phi) is 6.89. The molecule has 0 bridgehead atoms. The van der Waals surface area contributed by atoms with Crippen molar-refractivity contribution in [2.45, 2.75) is 12.8 Å². The molecule has 8 heteroatoms. The number of thiophene rings is 1. The van der Waals surface area contributed by atoms with Gasteiger partial charge in [-0.1, -0.05) is 12.1 Å². The van der Waals surface area contributed by atoms with E-state index >= 15 is 0 Å². The maximum absolute atomic E-state index is 13.2. The number of benzene rings is 1. The van der Waals surface area contributed by atoms with Gasteiger partial charge in [0.1, 0.15) is 5.82 Å². The highest BCUT2D eigenvalue weighted by atomic mass is 32.1. The van der Waals surface area contributed by atoms with E-state index in [4.69, 9.17) is 0 Å². The van der Waals surface area contributed by atoms with Crippen LogP contribution in [0.3, 0.4) is 0 Å². The van der Waals surface area contributed by atoms with Gasteiger partial charge in [-0.25, -0.2) is 4.39 Å². The average Bonchev–Trinajstić information content (AvgIpc) is 3.21. The van der Waals surface area contributed by atoms with E-state index in [1.54, 1.807) is 23.1 Å². The summed E-state index contributed by atoms with van der Waals surface area (Å²) in [6.45, 7) is 2.74. The summed E-state index contributed by atoms with van der Waals surface area (Å²) < 4.78 is 13.2. The Labute approximate surface area is 166 Å². The molecule has 3 rings (SSSR count).